The molecule has 110 valence electrons. The maximum Gasteiger partial charge on any atom is 0.260 e. The van der Waals surface area contributed by atoms with Gasteiger partial charge in [-0.3, -0.25) is 9.59 Å². The lowest BCUT2D eigenvalue weighted by Crippen LogP contribution is -2.48. The Kier molecular flexibility index (Phi) is 3.78. The maximum atomic E-state index is 12.4. The first kappa shape index (κ1) is 13.5. The van der Waals surface area contributed by atoms with Crippen molar-refractivity contribution in [2.75, 3.05) is 19.7 Å². The molecule has 1 amide bonds. The van der Waals surface area contributed by atoms with Crippen LogP contribution in [0.2, 0.25) is 0 Å². The van der Waals surface area contributed by atoms with Crippen LogP contribution in [-0.4, -0.2) is 56.6 Å². The van der Waals surface area contributed by atoms with Crippen molar-refractivity contribution < 1.29 is 9.53 Å². The molecule has 8 nitrogen and oxygen atoms in total. The first-order valence-electron chi connectivity index (χ1n) is 6.67. The zero-order valence-electron chi connectivity index (χ0n) is 11.3. The van der Waals surface area contributed by atoms with Gasteiger partial charge in [-0.1, -0.05) is 5.21 Å². The number of nitrogens with one attached hydrogen (secondary N) is 1. The van der Waals surface area contributed by atoms with Gasteiger partial charge in [-0.25, -0.2) is 4.68 Å². The molecule has 1 fully saturated rings. The number of hydrogen-bond donors (Lipinski definition) is 1. The molecule has 0 bridgehead atoms. The van der Waals surface area contributed by atoms with Crippen LogP contribution in [0.1, 0.15) is 10.4 Å². The number of amides is 1. The number of hydrogen-bond acceptors (Lipinski definition) is 5. The highest BCUT2D eigenvalue weighted by Gasteiger charge is 2.26. The predicted molar refractivity (Wildman–Crippen MR) is 72.7 cm³/mol. The molecule has 0 spiro atoms. The largest absolute Gasteiger partial charge is 0.373 e. The van der Waals surface area contributed by atoms with Crippen molar-refractivity contribution in [3.05, 3.63) is 46.6 Å². The van der Waals surface area contributed by atoms with Gasteiger partial charge >= 0.3 is 0 Å². The van der Waals surface area contributed by atoms with Gasteiger partial charge in [0.05, 0.1) is 25.5 Å². The topological polar surface area (TPSA) is 93.1 Å². The first-order valence-corrected chi connectivity index (χ1v) is 6.67. The highest BCUT2D eigenvalue weighted by Crippen LogP contribution is 2.10. The monoisotopic (exact) mass is 289 g/mol. The number of carbonyl (C=O) groups excluding carboxylic acids is 1. The average molecular weight is 289 g/mol. The summed E-state index contributed by atoms with van der Waals surface area (Å²) in [5, 5.41) is 7.61. The quantitative estimate of drug-likeness (QED) is 0.823. The van der Waals surface area contributed by atoms with Crippen molar-refractivity contribution in [3.8, 4) is 0 Å². The molecule has 1 aliphatic heterocycles. The molecule has 0 aromatic carbocycles. The van der Waals surface area contributed by atoms with E-state index in [1.807, 2.05) is 0 Å². The Labute approximate surface area is 120 Å². The summed E-state index contributed by atoms with van der Waals surface area (Å²) in [5.41, 5.74) is -0.222. The number of pyridine rings is 1. The minimum Gasteiger partial charge on any atom is -0.373 e. The zero-order chi connectivity index (χ0) is 14.7. The summed E-state index contributed by atoms with van der Waals surface area (Å²) >= 11 is 0. The van der Waals surface area contributed by atoms with Gasteiger partial charge in [-0.15, -0.1) is 5.10 Å². The molecule has 1 N–H and O–H groups in total. The SMILES string of the molecule is O=C(c1ccc[nH]c1=O)N1CCOC(Cn2ccnn2)C1. The Hall–Kier alpha value is -2.48. The molecule has 0 aliphatic carbocycles. The number of rotatable bonds is 3. The van der Waals surface area contributed by atoms with Crippen LogP contribution >= 0.6 is 0 Å². The lowest BCUT2D eigenvalue weighted by Gasteiger charge is -2.32. The van der Waals surface area contributed by atoms with Crippen LogP contribution in [-0.2, 0) is 11.3 Å². The smallest absolute Gasteiger partial charge is 0.260 e. The van der Waals surface area contributed by atoms with E-state index >= 15 is 0 Å². The molecule has 3 rings (SSSR count). The number of aromatic nitrogens is 4. The highest BCUT2D eigenvalue weighted by molar-refractivity contribution is 5.93. The number of aromatic amines is 1. The molecule has 21 heavy (non-hydrogen) atoms. The third kappa shape index (κ3) is 3.00. The fourth-order valence-corrected chi connectivity index (χ4v) is 2.31. The molecular weight excluding hydrogens is 274 g/mol. The average Bonchev–Trinajstić information content (AvgIpc) is 3.00. The summed E-state index contributed by atoms with van der Waals surface area (Å²) in [5.74, 6) is -0.274. The molecule has 3 heterocycles. The molecule has 0 saturated carbocycles. The minimum absolute atomic E-state index is 0.152. The Morgan fingerprint density at radius 1 is 1.52 bits per heavy atom. The second-order valence-corrected chi connectivity index (χ2v) is 4.78. The summed E-state index contributed by atoms with van der Waals surface area (Å²) in [6, 6.07) is 3.17. The molecule has 1 saturated heterocycles. The van der Waals surface area contributed by atoms with Gasteiger partial charge in [-0.2, -0.15) is 0 Å². The van der Waals surface area contributed by atoms with E-state index in [0.29, 0.717) is 26.2 Å². The third-order valence-corrected chi connectivity index (χ3v) is 3.34. The molecule has 2 aromatic rings. The molecule has 0 radical (unpaired) electrons. The fourth-order valence-electron chi connectivity index (χ4n) is 2.31. The normalized spacial score (nSPS) is 18.7. The standard InChI is InChI=1S/C13H15N5O3/c19-12-11(2-1-3-14-12)13(20)17-6-7-21-10(8-17)9-18-5-4-15-16-18/h1-5,10H,6-9H2,(H,14,19). The van der Waals surface area contributed by atoms with Crippen LogP contribution in [0.25, 0.3) is 0 Å². The number of nitrogens with zero attached hydrogens (tertiary/aromatic N) is 4. The molecule has 1 unspecified atom stereocenters. The minimum atomic E-state index is -0.373. The van der Waals surface area contributed by atoms with Crippen LogP contribution < -0.4 is 5.56 Å². The highest BCUT2D eigenvalue weighted by atomic mass is 16.5. The number of ether oxygens (including phenoxy) is 1. The van der Waals surface area contributed by atoms with Crippen molar-refractivity contribution in [3.63, 3.8) is 0 Å². The van der Waals surface area contributed by atoms with Crippen LogP contribution in [0, 0.1) is 0 Å². The van der Waals surface area contributed by atoms with E-state index in [9.17, 15) is 9.59 Å². The van der Waals surface area contributed by atoms with Gasteiger partial charge in [0.25, 0.3) is 11.5 Å². The molecular formula is C13H15N5O3. The van der Waals surface area contributed by atoms with E-state index in [1.54, 1.807) is 28.0 Å². The van der Waals surface area contributed by atoms with Crippen LogP contribution in [0.5, 0.6) is 0 Å². The summed E-state index contributed by atoms with van der Waals surface area (Å²) in [4.78, 5) is 28.2. The zero-order valence-corrected chi connectivity index (χ0v) is 11.3. The van der Waals surface area contributed by atoms with Gasteiger partial charge in [0.15, 0.2) is 0 Å². The van der Waals surface area contributed by atoms with E-state index in [2.05, 4.69) is 15.3 Å². The number of morpholine rings is 1. The predicted octanol–water partition coefficient (Wildman–Crippen LogP) is -0.492. The molecule has 2 aromatic heterocycles. The maximum absolute atomic E-state index is 12.4. The molecule has 1 aliphatic rings. The van der Waals surface area contributed by atoms with Gasteiger partial charge in [0, 0.05) is 25.5 Å². The third-order valence-electron chi connectivity index (χ3n) is 3.34. The lowest BCUT2D eigenvalue weighted by atomic mass is 10.2. The van der Waals surface area contributed by atoms with Crippen LogP contribution in [0.15, 0.2) is 35.5 Å². The van der Waals surface area contributed by atoms with Gasteiger partial charge < -0.3 is 14.6 Å². The van der Waals surface area contributed by atoms with Gasteiger partial charge in [0.2, 0.25) is 0 Å². The van der Waals surface area contributed by atoms with Crippen molar-refractivity contribution in [2.24, 2.45) is 0 Å². The van der Waals surface area contributed by atoms with Gasteiger partial charge in [-0.05, 0) is 12.1 Å². The number of H-pyrrole nitrogens is 1. The summed E-state index contributed by atoms with van der Waals surface area (Å²) in [6.07, 6.45) is 4.68. The van der Waals surface area contributed by atoms with Crippen LogP contribution in [0.3, 0.4) is 0 Å². The Balaban J connectivity index is 1.70. The Bertz CT molecular complexity index is 666. The summed E-state index contributed by atoms with van der Waals surface area (Å²) < 4.78 is 7.29. The van der Waals surface area contributed by atoms with Crippen molar-refractivity contribution in [1.29, 1.82) is 0 Å². The van der Waals surface area contributed by atoms with Crippen LogP contribution in [0.4, 0.5) is 0 Å². The van der Waals surface area contributed by atoms with Crippen molar-refractivity contribution in [2.45, 2.75) is 12.6 Å². The van der Waals surface area contributed by atoms with E-state index in [1.165, 1.54) is 12.3 Å². The second kappa shape index (κ2) is 5.88. The first-order chi connectivity index (χ1) is 10.2. The van der Waals surface area contributed by atoms with Gasteiger partial charge in [0.1, 0.15) is 5.56 Å². The van der Waals surface area contributed by atoms with E-state index < -0.39 is 0 Å². The van der Waals surface area contributed by atoms with Crippen molar-refractivity contribution in [1.82, 2.24) is 24.9 Å². The van der Waals surface area contributed by atoms with E-state index in [0.717, 1.165) is 0 Å². The second-order valence-electron chi connectivity index (χ2n) is 4.78. The van der Waals surface area contributed by atoms with Crippen molar-refractivity contribution >= 4 is 5.91 Å². The number of carbonyl (C=O) groups is 1. The van der Waals surface area contributed by atoms with E-state index in [-0.39, 0.29) is 23.1 Å². The van der Waals surface area contributed by atoms with E-state index in [4.69, 9.17) is 4.74 Å². The molecule has 1 atom stereocenters. The fraction of sp³-hybridized carbons (Fsp3) is 0.385. The summed E-state index contributed by atoms with van der Waals surface area (Å²) in [6.45, 7) is 1.86. The molecule has 8 heteroatoms. The summed E-state index contributed by atoms with van der Waals surface area (Å²) in [7, 11) is 0. The Morgan fingerprint density at radius 3 is 3.19 bits per heavy atom. The Morgan fingerprint density at radius 2 is 2.43 bits per heavy atom. The lowest BCUT2D eigenvalue weighted by molar-refractivity contribution is -0.0302.